The Labute approximate surface area is 126 Å². The molecule has 0 saturated carbocycles. The van der Waals surface area contributed by atoms with Gasteiger partial charge in [-0.2, -0.15) is 0 Å². The first-order valence-electron chi connectivity index (χ1n) is 6.35. The lowest BCUT2D eigenvalue weighted by Crippen LogP contribution is -2.34. The fourth-order valence-electron chi connectivity index (χ4n) is 2.12. The van der Waals surface area contributed by atoms with Gasteiger partial charge in [0, 0.05) is 21.2 Å². The fourth-order valence-corrected chi connectivity index (χ4v) is 3.42. The third-order valence-electron chi connectivity index (χ3n) is 2.97. The van der Waals surface area contributed by atoms with Crippen molar-refractivity contribution in [2.45, 2.75) is 32.4 Å². The van der Waals surface area contributed by atoms with Crippen LogP contribution in [0.5, 0.6) is 0 Å². The van der Waals surface area contributed by atoms with Gasteiger partial charge in [-0.05, 0) is 38.5 Å². The lowest BCUT2D eigenvalue weighted by atomic mass is 10.1. The molecule has 2 unspecified atom stereocenters. The number of nitrogen functional groups attached to an aromatic ring is 1. The minimum atomic E-state index is -0.455. The predicted octanol–water partition coefficient (Wildman–Crippen LogP) is 3.03. The van der Waals surface area contributed by atoms with Crippen molar-refractivity contribution in [1.82, 2.24) is 5.32 Å². The number of rotatable bonds is 4. The molecule has 108 valence electrons. The van der Waals surface area contributed by atoms with Gasteiger partial charge in [0.15, 0.2) is 0 Å². The number of nitrogens with one attached hydrogen (secondary N) is 1. The van der Waals surface area contributed by atoms with Crippen molar-refractivity contribution >= 4 is 44.6 Å². The Hall–Kier alpha value is -1.30. The fraction of sp³-hybridized carbons (Fsp3) is 0.357. The van der Waals surface area contributed by atoms with Gasteiger partial charge in [0.05, 0.1) is 11.8 Å². The maximum Gasteiger partial charge on any atom is 0.263 e. The van der Waals surface area contributed by atoms with E-state index in [0.717, 1.165) is 10.1 Å². The van der Waals surface area contributed by atoms with Gasteiger partial charge in [-0.3, -0.25) is 4.79 Å². The van der Waals surface area contributed by atoms with E-state index in [1.54, 1.807) is 19.1 Å². The Kier molecular flexibility index (Phi) is 4.52. The van der Waals surface area contributed by atoms with Gasteiger partial charge in [0.2, 0.25) is 0 Å². The molecule has 2 atom stereocenters. The highest BCUT2D eigenvalue weighted by atomic mass is 35.5. The summed E-state index contributed by atoms with van der Waals surface area (Å²) in [7, 11) is 0. The number of aliphatic hydroxyl groups is 1. The molecule has 1 aromatic carbocycles. The average Bonchev–Trinajstić information content (AvgIpc) is 2.65. The SMILES string of the molecule is CC(O)CC(C)NC(=O)c1sc2cc(Cl)ccc2c1N. The van der Waals surface area contributed by atoms with Gasteiger partial charge in [0.1, 0.15) is 4.88 Å². The van der Waals surface area contributed by atoms with Crippen LogP contribution in [0.25, 0.3) is 10.1 Å². The summed E-state index contributed by atoms with van der Waals surface area (Å²) in [4.78, 5) is 12.7. The molecule has 0 bridgehead atoms. The van der Waals surface area contributed by atoms with Crippen molar-refractivity contribution in [3.05, 3.63) is 28.1 Å². The topological polar surface area (TPSA) is 75.3 Å². The van der Waals surface area contributed by atoms with Crippen molar-refractivity contribution in [2.24, 2.45) is 0 Å². The second-order valence-corrected chi connectivity index (χ2v) is 6.43. The molecule has 0 aliphatic heterocycles. The van der Waals surface area contributed by atoms with E-state index in [1.165, 1.54) is 11.3 Å². The van der Waals surface area contributed by atoms with Gasteiger partial charge in [-0.1, -0.05) is 11.6 Å². The van der Waals surface area contributed by atoms with Crippen molar-refractivity contribution in [3.8, 4) is 0 Å². The second kappa shape index (κ2) is 5.99. The molecule has 6 heteroatoms. The standard InChI is InChI=1S/C14H17ClN2O2S/c1-7(5-8(2)18)17-14(19)13-12(16)10-4-3-9(15)6-11(10)20-13/h3-4,6-8,18H,5,16H2,1-2H3,(H,17,19). The molecule has 0 radical (unpaired) electrons. The maximum absolute atomic E-state index is 12.2. The van der Waals surface area contributed by atoms with Crippen LogP contribution in [-0.4, -0.2) is 23.2 Å². The second-order valence-electron chi connectivity index (χ2n) is 4.94. The smallest absolute Gasteiger partial charge is 0.263 e. The molecule has 4 nitrogen and oxygen atoms in total. The van der Waals surface area contributed by atoms with Crippen LogP contribution in [0.2, 0.25) is 5.02 Å². The molecule has 4 N–H and O–H groups in total. The van der Waals surface area contributed by atoms with Crippen LogP contribution in [0.4, 0.5) is 5.69 Å². The molecular formula is C14H17ClN2O2S. The zero-order valence-electron chi connectivity index (χ0n) is 11.3. The number of hydrogen-bond donors (Lipinski definition) is 3. The lowest BCUT2D eigenvalue weighted by Gasteiger charge is -2.14. The predicted molar refractivity (Wildman–Crippen MR) is 84.5 cm³/mol. The summed E-state index contributed by atoms with van der Waals surface area (Å²) in [6.07, 6.45) is 0.0476. The van der Waals surface area contributed by atoms with Crippen LogP contribution in [0, 0.1) is 0 Å². The van der Waals surface area contributed by atoms with Gasteiger partial charge >= 0.3 is 0 Å². The monoisotopic (exact) mass is 312 g/mol. The van der Waals surface area contributed by atoms with Crippen LogP contribution < -0.4 is 11.1 Å². The molecule has 1 amide bonds. The summed E-state index contributed by atoms with van der Waals surface area (Å²) < 4.78 is 0.892. The summed E-state index contributed by atoms with van der Waals surface area (Å²) >= 11 is 7.26. The molecule has 0 aliphatic carbocycles. The summed E-state index contributed by atoms with van der Waals surface area (Å²) in [5, 5.41) is 13.6. The van der Waals surface area contributed by atoms with E-state index in [9.17, 15) is 9.90 Å². The molecule has 0 fully saturated rings. The third-order valence-corrected chi connectivity index (χ3v) is 4.37. The van der Waals surface area contributed by atoms with E-state index in [2.05, 4.69) is 5.32 Å². The van der Waals surface area contributed by atoms with Crippen molar-refractivity contribution in [3.63, 3.8) is 0 Å². The Balaban J connectivity index is 2.24. The largest absolute Gasteiger partial charge is 0.397 e. The molecule has 0 spiro atoms. The molecule has 2 aromatic rings. The molecule has 20 heavy (non-hydrogen) atoms. The van der Waals surface area contributed by atoms with E-state index >= 15 is 0 Å². The van der Waals surface area contributed by atoms with Crippen molar-refractivity contribution in [1.29, 1.82) is 0 Å². The molecule has 1 heterocycles. The highest BCUT2D eigenvalue weighted by Crippen LogP contribution is 2.35. The van der Waals surface area contributed by atoms with E-state index < -0.39 is 6.10 Å². The first kappa shape index (κ1) is 15.1. The summed E-state index contributed by atoms with van der Waals surface area (Å²) in [5.74, 6) is -0.215. The number of carbonyl (C=O) groups is 1. The first-order valence-corrected chi connectivity index (χ1v) is 7.54. The van der Waals surface area contributed by atoms with Gasteiger partial charge in [-0.25, -0.2) is 0 Å². The number of halogens is 1. The van der Waals surface area contributed by atoms with Crippen LogP contribution in [0.3, 0.4) is 0 Å². The number of fused-ring (bicyclic) bond motifs is 1. The maximum atomic E-state index is 12.2. The van der Waals surface area contributed by atoms with Crippen molar-refractivity contribution in [2.75, 3.05) is 5.73 Å². The van der Waals surface area contributed by atoms with Crippen LogP contribution in [0.15, 0.2) is 18.2 Å². The average molecular weight is 313 g/mol. The highest BCUT2D eigenvalue weighted by Gasteiger charge is 2.18. The zero-order valence-corrected chi connectivity index (χ0v) is 12.9. The number of carbonyl (C=O) groups excluding carboxylic acids is 1. The highest BCUT2D eigenvalue weighted by molar-refractivity contribution is 7.21. The number of anilines is 1. The van der Waals surface area contributed by atoms with Crippen LogP contribution >= 0.6 is 22.9 Å². The van der Waals surface area contributed by atoms with E-state index in [-0.39, 0.29) is 11.9 Å². The molecule has 1 aromatic heterocycles. The molecule has 2 rings (SSSR count). The number of amides is 1. The summed E-state index contributed by atoms with van der Waals surface area (Å²) in [6, 6.07) is 5.26. The summed E-state index contributed by atoms with van der Waals surface area (Å²) in [6.45, 7) is 3.55. The number of hydrogen-bond acceptors (Lipinski definition) is 4. The summed E-state index contributed by atoms with van der Waals surface area (Å²) in [5.41, 5.74) is 6.50. The first-order chi connectivity index (χ1) is 9.38. The van der Waals surface area contributed by atoms with Gasteiger partial charge in [-0.15, -0.1) is 11.3 Å². The Morgan fingerprint density at radius 3 is 2.85 bits per heavy atom. The van der Waals surface area contributed by atoms with E-state index in [1.807, 2.05) is 13.0 Å². The normalized spacial score (nSPS) is 14.2. The number of benzene rings is 1. The number of aliphatic hydroxyl groups excluding tert-OH is 1. The Morgan fingerprint density at radius 2 is 2.20 bits per heavy atom. The van der Waals surface area contributed by atoms with E-state index in [0.29, 0.717) is 22.0 Å². The molecular weight excluding hydrogens is 296 g/mol. The van der Waals surface area contributed by atoms with Gasteiger partial charge in [0.25, 0.3) is 5.91 Å². The van der Waals surface area contributed by atoms with E-state index in [4.69, 9.17) is 17.3 Å². The van der Waals surface area contributed by atoms with Crippen molar-refractivity contribution < 1.29 is 9.90 Å². The minimum Gasteiger partial charge on any atom is -0.397 e. The third kappa shape index (κ3) is 3.23. The number of nitrogens with two attached hydrogens (primary N) is 1. The minimum absolute atomic E-state index is 0.115. The van der Waals surface area contributed by atoms with Crippen LogP contribution in [-0.2, 0) is 0 Å². The Morgan fingerprint density at radius 1 is 1.50 bits per heavy atom. The van der Waals surface area contributed by atoms with Crippen LogP contribution in [0.1, 0.15) is 29.9 Å². The van der Waals surface area contributed by atoms with Gasteiger partial charge < -0.3 is 16.2 Å². The molecule has 0 saturated heterocycles. The quantitative estimate of drug-likeness (QED) is 0.812. The zero-order chi connectivity index (χ0) is 14.9. The molecule has 0 aliphatic rings. The Bertz CT molecular complexity index is 639. The lowest BCUT2D eigenvalue weighted by molar-refractivity contribution is 0.0928. The number of thiophene rings is 1.